The van der Waals surface area contributed by atoms with Gasteiger partial charge in [0.2, 0.25) is 0 Å². The summed E-state index contributed by atoms with van der Waals surface area (Å²) in [5, 5.41) is 0. The maximum Gasteiger partial charge on any atom is 0.132 e. The van der Waals surface area contributed by atoms with Gasteiger partial charge in [-0.1, -0.05) is 26.0 Å². The second kappa shape index (κ2) is 4.14. The zero-order chi connectivity index (χ0) is 10.8. The summed E-state index contributed by atoms with van der Waals surface area (Å²) in [6.45, 7) is 4.51. The van der Waals surface area contributed by atoms with E-state index in [1.807, 2.05) is 0 Å². The Bertz CT molecular complexity index is 279. The molecule has 14 heavy (non-hydrogen) atoms. The van der Waals surface area contributed by atoms with Gasteiger partial charge in [0.1, 0.15) is 5.69 Å². The lowest BCUT2D eigenvalue weighted by Crippen LogP contribution is -2.34. The molecule has 1 unspecified atom stereocenters. The minimum absolute atomic E-state index is 0.677. The molecule has 1 nitrogen and oxygen atoms in total. The lowest BCUT2D eigenvalue weighted by atomic mass is 9.98. The maximum atomic E-state index is 2.28. The summed E-state index contributed by atoms with van der Waals surface area (Å²) in [5.41, 5.74) is 2.81. The van der Waals surface area contributed by atoms with Crippen molar-refractivity contribution in [3.8, 4) is 0 Å². The molecule has 1 atom stereocenters. The Morgan fingerprint density at radius 1 is 1.07 bits per heavy atom. The van der Waals surface area contributed by atoms with E-state index in [0.717, 1.165) is 4.48 Å². The fraction of sp³-hybridized carbons (Fsp3) is 0.538. The molecule has 0 aliphatic rings. The monoisotopic (exact) mass is 192 g/mol. The highest BCUT2D eigenvalue weighted by molar-refractivity contribution is 5.43. The maximum absolute atomic E-state index is 2.28. The molecule has 0 heterocycles. The molecule has 78 valence electrons. The Balaban J connectivity index is 2.89. The van der Waals surface area contributed by atoms with E-state index in [1.54, 1.807) is 0 Å². The van der Waals surface area contributed by atoms with Gasteiger partial charge in [-0.3, -0.25) is 4.48 Å². The molecule has 1 rings (SSSR count). The van der Waals surface area contributed by atoms with Crippen molar-refractivity contribution in [2.24, 2.45) is 0 Å². The van der Waals surface area contributed by atoms with E-state index in [2.05, 4.69) is 59.3 Å². The van der Waals surface area contributed by atoms with Gasteiger partial charge in [-0.05, 0) is 30.0 Å². The van der Waals surface area contributed by atoms with Crippen LogP contribution in [0.15, 0.2) is 24.3 Å². The molecule has 0 fully saturated rings. The third-order valence-electron chi connectivity index (χ3n) is 2.85. The standard InChI is InChI=1S/C13H22N/c1-6-11(2)12-7-9-13(10-8-12)14(3,4)5/h7-11H,6H2,1-5H3/q+1. The Hall–Kier alpha value is -0.820. The fourth-order valence-corrected chi connectivity index (χ4v) is 1.49. The third-order valence-corrected chi connectivity index (χ3v) is 2.85. The molecule has 0 aliphatic heterocycles. The molecule has 0 saturated carbocycles. The largest absolute Gasteiger partial charge is 0.298 e. The highest BCUT2D eigenvalue weighted by Gasteiger charge is 2.11. The topological polar surface area (TPSA) is 0 Å². The van der Waals surface area contributed by atoms with Crippen molar-refractivity contribution < 1.29 is 0 Å². The third kappa shape index (κ3) is 2.58. The van der Waals surface area contributed by atoms with E-state index in [4.69, 9.17) is 0 Å². The summed E-state index contributed by atoms with van der Waals surface area (Å²) in [6.07, 6.45) is 1.21. The van der Waals surface area contributed by atoms with Crippen molar-refractivity contribution in [2.45, 2.75) is 26.2 Å². The average Bonchev–Trinajstić information content (AvgIpc) is 2.15. The Morgan fingerprint density at radius 2 is 1.57 bits per heavy atom. The molecule has 0 N–H and O–H groups in total. The van der Waals surface area contributed by atoms with Crippen LogP contribution in [-0.4, -0.2) is 21.1 Å². The normalized spacial score (nSPS) is 14.1. The fourth-order valence-electron chi connectivity index (χ4n) is 1.49. The van der Waals surface area contributed by atoms with Crippen LogP contribution in [-0.2, 0) is 0 Å². The van der Waals surface area contributed by atoms with Gasteiger partial charge in [0.25, 0.3) is 0 Å². The molecule has 0 radical (unpaired) electrons. The number of hydrogen-bond acceptors (Lipinski definition) is 0. The van der Waals surface area contributed by atoms with E-state index in [0.29, 0.717) is 5.92 Å². The van der Waals surface area contributed by atoms with Crippen LogP contribution in [0.25, 0.3) is 0 Å². The first kappa shape index (κ1) is 11.3. The van der Waals surface area contributed by atoms with Gasteiger partial charge in [-0.15, -0.1) is 0 Å². The van der Waals surface area contributed by atoms with E-state index < -0.39 is 0 Å². The van der Waals surface area contributed by atoms with Gasteiger partial charge < -0.3 is 0 Å². The minimum atomic E-state index is 0.677. The minimum Gasteiger partial charge on any atom is -0.298 e. The molecular formula is C13H22N+. The van der Waals surface area contributed by atoms with Crippen LogP contribution in [0.1, 0.15) is 31.7 Å². The number of nitrogens with zero attached hydrogens (tertiary/aromatic N) is 1. The highest BCUT2D eigenvalue weighted by Crippen LogP contribution is 2.23. The second-order valence-electron chi connectivity index (χ2n) is 4.91. The van der Waals surface area contributed by atoms with Gasteiger partial charge in [0.05, 0.1) is 21.1 Å². The van der Waals surface area contributed by atoms with E-state index in [1.165, 1.54) is 17.7 Å². The number of benzene rings is 1. The zero-order valence-corrected chi connectivity index (χ0v) is 10.0. The number of rotatable bonds is 3. The molecule has 0 aromatic heterocycles. The lowest BCUT2D eigenvalue weighted by molar-refractivity contribution is 0.486. The van der Waals surface area contributed by atoms with Crippen LogP contribution in [0.4, 0.5) is 5.69 Å². The summed E-state index contributed by atoms with van der Waals surface area (Å²) < 4.78 is 0.890. The number of hydrogen-bond donors (Lipinski definition) is 0. The first-order valence-corrected chi connectivity index (χ1v) is 5.37. The SMILES string of the molecule is CCC(C)c1ccc([N+](C)(C)C)cc1. The van der Waals surface area contributed by atoms with Crippen molar-refractivity contribution in [1.82, 2.24) is 4.48 Å². The number of quaternary nitrogens is 1. The van der Waals surface area contributed by atoms with Crippen molar-refractivity contribution in [3.05, 3.63) is 29.8 Å². The van der Waals surface area contributed by atoms with Crippen LogP contribution < -0.4 is 4.48 Å². The first-order chi connectivity index (χ1) is 6.45. The van der Waals surface area contributed by atoms with Gasteiger partial charge in [0.15, 0.2) is 0 Å². The summed E-state index contributed by atoms with van der Waals surface area (Å²) in [7, 11) is 6.58. The summed E-state index contributed by atoms with van der Waals surface area (Å²) in [5.74, 6) is 0.677. The first-order valence-electron chi connectivity index (χ1n) is 5.37. The van der Waals surface area contributed by atoms with Crippen LogP contribution >= 0.6 is 0 Å². The Labute approximate surface area is 88.0 Å². The smallest absolute Gasteiger partial charge is 0.132 e. The molecule has 0 amide bonds. The van der Waals surface area contributed by atoms with Gasteiger partial charge in [-0.25, -0.2) is 0 Å². The average molecular weight is 192 g/mol. The predicted molar refractivity (Wildman–Crippen MR) is 64.7 cm³/mol. The Morgan fingerprint density at radius 3 is 1.93 bits per heavy atom. The van der Waals surface area contributed by atoms with Gasteiger partial charge >= 0.3 is 0 Å². The lowest BCUT2D eigenvalue weighted by Gasteiger charge is -2.23. The highest BCUT2D eigenvalue weighted by atomic mass is 15.3. The van der Waals surface area contributed by atoms with Crippen LogP contribution in [0.3, 0.4) is 0 Å². The van der Waals surface area contributed by atoms with Crippen LogP contribution in [0.5, 0.6) is 0 Å². The molecule has 1 aromatic carbocycles. The molecule has 1 heteroatoms. The summed E-state index contributed by atoms with van der Waals surface area (Å²) in [6, 6.07) is 8.99. The summed E-state index contributed by atoms with van der Waals surface area (Å²) in [4.78, 5) is 0. The second-order valence-corrected chi connectivity index (χ2v) is 4.91. The molecule has 0 bridgehead atoms. The molecule has 1 aromatic rings. The van der Waals surface area contributed by atoms with Crippen molar-refractivity contribution >= 4 is 5.69 Å². The van der Waals surface area contributed by atoms with Crippen LogP contribution in [0.2, 0.25) is 0 Å². The molecule has 0 saturated heterocycles. The quantitative estimate of drug-likeness (QED) is 0.644. The van der Waals surface area contributed by atoms with Crippen molar-refractivity contribution in [1.29, 1.82) is 0 Å². The van der Waals surface area contributed by atoms with Gasteiger partial charge in [-0.2, -0.15) is 0 Å². The predicted octanol–water partition coefficient (Wildman–Crippen LogP) is 3.40. The van der Waals surface area contributed by atoms with E-state index in [9.17, 15) is 0 Å². The summed E-state index contributed by atoms with van der Waals surface area (Å²) >= 11 is 0. The van der Waals surface area contributed by atoms with Gasteiger partial charge in [0, 0.05) is 0 Å². The molecular weight excluding hydrogens is 170 g/mol. The van der Waals surface area contributed by atoms with Crippen molar-refractivity contribution in [2.75, 3.05) is 21.1 Å². The van der Waals surface area contributed by atoms with Crippen LogP contribution in [0, 0.1) is 0 Å². The zero-order valence-electron chi connectivity index (χ0n) is 10.0. The van der Waals surface area contributed by atoms with Crippen molar-refractivity contribution in [3.63, 3.8) is 0 Å². The van der Waals surface area contributed by atoms with E-state index >= 15 is 0 Å². The van der Waals surface area contributed by atoms with E-state index in [-0.39, 0.29) is 0 Å². The Kier molecular flexibility index (Phi) is 3.33. The molecule has 0 spiro atoms. The molecule has 0 aliphatic carbocycles.